The standard InChI is InChI=1S/C9H13N3O5S2/c1-5(2)12(3-6(10)13)19(16,17)9-7(8(14)15)11-4-18-9/h4-5H,3H2,1-2H3,(H2,10,13)(H,14,15). The van der Waals surface area contributed by atoms with E-state index in [0.717, 1.165) is 9.82 Å². The van der Waals surface area contributed by atoms with Crippen LogP contribution in [0.25, 0.3) is 0 Å². The summed E-state index contributed by atoms with van der Waals surface area (Å²) in [5.41, 5.74) is 5.57. The van der Waals surface area contributed by atoms with Gasteiger partial charge in [0.15, 0.2) is 9.90 Å². The van der Waals surface area contributed by atoms with Gasteiger partial charge in [0.1, 0.15) is 0 Å². The van der Waals surface area contributed by atoms with Gasteiger partial charge in [0.2, 0.25) is 5.91 Å². The quantitative estimate of drug-likeness (QED) is 0.743. The number of amides is 1. The normalized spacial score (nSPS) is 12.0. The molecule has 0 aromatic carbocycles. The maximum absolute atomic E-state index is 12.3. The van der Waals surface area contributed by atoms with Crippen LogP contribution in [0, 0.1) is 0 Å². The molecule has 0 fully saturated rings. The van der Waals surface area contributed by atoms with Crippen molar-refractivity contribution < 1.29 is 23.1 Å². The zero-order valence-corrected chi connectivity index (χ0v) is 11.9. The second-order valence-electron chi connectivity index (χ2n) is 3.90. The molecule has 0 saturated carbocycles. The Balaban J connectivity index is 3.31. The summed E-state index contributed by atoms with van der Waals surface area (Å²) in [6, 6.07) is -0.541. The van der Waals surface area contributed by atoms with Gasteiger partial charge in [-0.15, -0.1) is 11.3 Å². The summed E-state index contributed by atoms with van der Waals surface area (Å²) in [4.78, 5) is 25.4. The third-order valence-electron chi connectivity index (χ3n) is 2.17. The van der Waals surface area contributed by atoms with Gasteiger partial charge in [-0.1, -0.05) is 0 Å². The van der Waals surface area contributed by atoms with Crippen molar-refractivity contribution in [1.29, 1.82) is 0 Å². The van der Waals surface area contributed by atoms with E-state index in [0.29, 0.717) is 11.3 Å². The summed E-state index contributed by atoms with van der Waals surface area (Å²) in [6.45, 7) is 2.60. The van der Waals surface area contributed by atoms with Crippen LogP contribution in [0.5, 0.6) is 0 Å². The van der Waals surface area contributed by atoms with Crippen molar-refractivity contribution in [3.8, 4) is 0 Å². The smallest absolute Gasteiger partial charge is 0.356 e. The minimum absolute atomic E-state index is 0.407. The first-order valence-electron chi connectivity index (χ1n) is 5.14. The lowest BCUT2D eigenvalue weighted by atomic mass is 10.4. The van der Waals surface area contributed by atoms with Crippen molar-refractivity contribution in [3.63, 3.8) is 0 Å². The van der Waals surface area contributed by atoms with Crippen LogP contribution in [-0.4, -0.2) is 47.3 Å². The number of nitrogens with two attached hydrogens (primary N) is 1. The molecule has 0 radical (unpaired) electrons. The summed E-state index contributed by atoms with van der Waals surface area (Å²) in [5, 5.41) is 8.89. The van der Waals surface area contributed by atoms with E-state index < -0.39 is 44.4 Å². The molecule has 19 heavy (non-hydrogen) atoms. The van der Waals surface area contributed by atoms with E-state index >= 15 is 0 Å². The third-order valence-corrected chi connectivity index (χ3v) is 5.54. The monoisotopic (exact) mass is 307 g/mol. The molecule has 0 aliphatic carbocycles. The second kappa shape index (κ2) is 5.63. The molecule has 3 N–H and O–H groups in total. The molecule has 10 heteroatoms. The number of nitrogens with zero attached hydrogens (tertiary/aromatic N) is 2. The van der Waals surface area contributed by atoms with E-state index in [4.69, 9.17) is 10.8 Å². The number of sulfonamides is 1. The Labute approximate surface area is 113 Å². The van der Waals surface area contributed by atoms with Crippen molar-refractivity contribution in [2.75, 3.05) is 6.54 Å². The van der Waals surface area contributed by atoms with Crippen LogP contribution in [-0.2, 0) is 14.8 Å². The molecule has 0 spiro atoms. The average Bonchev–Trinajstić information content (AvgIpc) is 2.74. The molecular formula is C9H13N3O5S2. The number of primary amides is 1. The number of carbonyl (C=O) groups excluding carboxylic acids is 1. The zero-order chi connectivity index (χ0) is 14.8. The van der Waals surface area contributed by atoms with Crippen LogP contribution >= 0.6 is 11.3 Å². The van der Waals surface area contributed by atoms with Crippen molar-refractivity contribution in [2.45, 2.75) is 24.1 Å². The molecule has 106 valence electrons. The Kier molecular flexibility index (Phi) is 4.61. The van der Waals surface area contributed by atoms with E-state index in [1.165, 1.54) is 0 Å². The number of hydrogen-bond acceptors (Lipinski definition) is 6. The molecular weight excluding hydrogens is 294 g/mol. The van der Waals surface area contributed by atoms with Gasteiger partial charge in [-0.05, 0) is 13.8 Å². The van der Waals surface area contributed by atoms with Crippen LogP contribution in [0.1, 0.15) is 24.3 Å². The molecule has 1 aromatic heterocycles. The predicted molar refractivity (Wildman–Crippen MR) is 67.3 cm³/mol. The Bertz CT molecular complexity index is 593. The molecule has 0 atom stereocenters. The number of thiazole rings is 1. The van der Waals surface area contributed by atoms with Crippen molar-refractivity contribution in [2.24, 2.45) is 5.73 Å². The zero-order valence-electron chi connectivity index (χ0n) is 10.2. The van der Waals surface area contributed by atoms with E-state index in [2.05, 4.69) is 4.98 Å². The molecule has 1 rings (SSSR count). The number of aromatic carboxylic acids is 1. The maximum atomic E-state index is 12.3. The molecule has 0 bridgehead atoms. The summed E-state index contributed by atoms with van der Waals surface area (Å²) >= 11 is 0.684. The van der Waals surface area contributed by atoms with Gasteiger partial charge in [0.25, 0.3) is 10.0 Å². The highest BCUT2D eigenvalue weighted by Crippen LogP contribution is 2.25. The Morgan fingerprint density at radius 1 is 1.53 bits per heavy atom. The lowest BCUT2D eigenvalue weighted by Crippen LogP contribution is -2.42. The summed E-state index contributed by atoms with van der Waals surface area (Å²) in [5.74, 6) is -2.26. The Morgan fingerprint density at radius 3 is 2.53 bits per heavy atom. The van der Waals surface area contributed by atoms with E-state index in [1.54, 1.807) is 13.8 Å². The lowest BCUT2D eigenvalue weighted by molar-refractivity contribution is -0.118. The van der Waals surface area contributed by atoms with Crippen LogP contribution in [0.3, 0.4) is 0 Å². The van der Waals surface area contributed by atoms with Gasteiger partial charge < -0.3 is 10.8 Å². The molecule has 0 aliphatic rings. The van der Waals surface area contributed by atoms with Crippen molar-refractivity contribution in [1.82, 2.24) is 9.29 Å². The number of rotatable bonds is 6. The van der Waals surface area contributed by atoms with Crippen molar-refractivity contribution >= 4 is 33.2 Å². The minimum atomic E-state index is -4.12. The maximum Gasteiger partial charge on any atom is 0.356 e. The molecule has 0 aliphatic heterocycles. The summed E-state index contributed by atoms with van der Waals surface area (Å²) in [7, 11) is -4.12. The first-order valence-corrected chi connectivity index (χ1v) is 7.46. The topological polar surface area (TPSA) is 131 Å². The minimum Gasteiger partial charge on any atom is -0.476 e. The summed E-state index contributed by atoms with van der Waals surface area (Å²) < 4.78 is 25.1. The van der Waals surface area contributed by atoms with Gasteiger partial charge in [-0.2, -0.15) is 4.31 Å². The van der Waals surface area contributed by atoms with Gasteiger partial charge in [-0.3, -0.25) is 4.79 Å². The van der Waals surface area contributed by atoms with Gasteiger partial charge in [-0.25, -0.2) is 18.2 Å². The van der Waals surface area contributed by atoms with Crippen LogP contribution < -0.4 is 5.73 Å². The molecule has 0 unspecified atom stereocenters. The largest absolute Gasteiger partial charge is 0.476 e. The molecule has 1 heterocycles. The molecule has 0 saturated heterocycles. The highest BCUT2D eigenvalue weighted by Gasteiger charge is 2.34. The van der Waals surface area contributed by atoms with Gasteiger partial charge >= 0.3 is 5.97 Å². The summed E-state index contributed by atoms with van der Waals surface area (Å²) in [6.07, 6.45) is 0. The third kappa shape index (κ3) is 3.28. The highest BCUT2D eigenvalue weighted by molar-refractivity contribution is 7.91. The average molecular weight is 307 g/mol. The van der Waals surface area contributed by atoms with Crippen LogP contribution in [0.2, 0.25) is 0 Å². The SMILES string of the molecule is CC(C)N(CC(N)=O)S(=O)(=O)c1scnc1C(=O)O. The second-order valence-corrected chi connectivity index (χ2v) is 6.84. The first kappa shape index (κ1) is 15.5. The van der Waals surface area contributed by atoms with Crippen molar-refractivity contribution in [3.05, 3.63) is 11.2 Å². The number of aromatic nitrogens is 1. The van der Waals surface area contributed by atoms with E-state index in [1.807, 2.05) is 0 Å². The first-order chi connectivity index (χ1) is 8.67. The predicted octanol–water partition coefficient (Wildman–Crippen LogP) is -0.274. The fourth-order valence-corrected chi connectivity index (χ4v) is 4.22. The number of carboxylic acids is 1. The van der Waals surface area contributed by atoms with Crippen LogP contribution in [0.4, 0.5) is 0 Å². The number of hydrogen-bond donors (Lipinski definition) is 2. The molecule has 8 nitrogen and oxygen atoms in total. The van der Waals surface area contributed by atoms with E-state index in [-0.39, 0.29) is 0 Å². The lowest BCUT2D eigenvalue weighted by Gasteiger charge is -2.23. The number of carboxylic acid groups (broad SMARTS) is 1. The van der Waals surface area contributed by atoms with Gasteiger partial charge in [0, 0.05) is 6.04 Å². The number of carbonyl (C=O) groups is 2. The fraction of sp³-hybridized carbons (Fsp3) is 0.444. The van der Waals surface area contributed by atoms with Gasteiger partial charge in [0.05, 0.1) is 12.1 Å². The molecule has 1 aromatic rings. The fourth-order valence-electron chi connectivity index (χ4n) is 1.37. The Hall–Kier alpha value is -1.52. The van der Waals surface area contributed by atoms with E-state index in [9.17, 15) is 18.0 Å². The highest BCUT2D eigenvalue weighted by atomic mass is 32.2. The van der Waals surface area contributed by atoms with Crippen LogP contribution in [0.15, 0.2) is 9.72 Å². The molecule has 1 amide bonds. The Morgan fingerprint density at radius 2 is 2.11 bits per heavy atom.